The summed E-state index contributed by atoms with van der Waals surface area (Å²) in [6.45, 7) is 27.9. The summed E-state index contributed by atoms with van der Waals surface area (Å²) < 4.78 is 2.44. The van der Waals surface area contributed by atoms with Gasteiger partial charge in [-0.15, -0.1) is 0 Å². The Kier molecular flexibility index (Phi) is 12.6. The zero-order valence-corrected chi connectivity index (χ0v) is 50.0. The smallest absolute Gasteiger partial charge is 0.252 e. The van der Waals surface area contributed by atoms with Crippen LogP contribution in [0, 0.1) is 0 Å². The molecule has 2 aliphatic heterocycles. The molecule has 3 aliphatic rings. The van der Waals surface area contributed by atoms with Gasteiger partial charge in [0.05, 0.1) is 11.0 Å². The highest BCUT2D eigenvalue weighted by Crippen LogP contribution is 2.50. The Morgan fingerprint density at radius 3 is 1.40 bits per heavy atom. The Bertz CT molecular complexity index is 4000. The molecule has 13 rings (SSSR count). The summed E-state index contributed by atoms with van der Waals surface area (Å²) in [5, 5.41) is 2.49. The van der Waals surface area contributed by atoms with Crippen molar-refractivity contribution in [1.29, 1.82) is 0 Å². The SMILES string of the molecule is CC(C)(C)c1ccc(N(c2ccc3c(c2)N(c2ccc(C(C)(C)C)cc2)c2cc(C4CCCCC4)cc4c2B3c2ccc(C(C)(C)C)cc2N4c2ccc(C(C)(C)C)cc2)c2ccc3c4ccccc4n(-c4ccccc4)c3c2)cc1. The van der Waals surface area contributed by atoms with Crippen molar-refractivity contribution in [3.8, 4) is 5.69 Å². The zero-order valence-electron chi connectivity index (χ0n) is 50.0. The fourth-order valence-electron chi connectivity index (χ4n) is 13.6. The molecule has 0 saturated heterocycles. The summed E-state index contributed by atoms with van der Waals surface area (Å²) in [6.07, 6.45) is 6.27. The van der Waals surface area contributed by atoms with Crippen LogP contribution in [0.2, 0.25) is 0 Å². The van der Waals surface area contributed by atoms with Crippen molar-refractivity contribution < 1.29 is 0 Å². The molecule has 1 aromatic heterocycles. The van der Waals surface area contributed by atoms with Crippen LogP contribution >= 0.6 is 0 Å². The fourth-order valence-corrected chi connectivity index (χ4v) is 13.6. The number of fused-ring (bicyclic) bond motifs is 7. The maximum atomic E-state index is 2.65. The van der Waals surface area contributed by atoms with E-state index >= 15 is 0 Å². The topological polar surface area (TPSA) is 14.7 Å². The van der Waals surface area contributed by atoms with Crippen molar-refractivity contribution in [2.75, 3.05) is 14.7 Å². The number of anilines is 9. The minimum absolute atomic E-state index is 0.00564. The van der Waals surface area contributed by atoms with E-state index in [1.54, 1.807) is 0 Å². The van der Waals surface area contributed by atoms with E-state index < -0.39 is 0 Å². The summed E-state index contributed by atoms with van der Waals surface area (Å²) in [7, 11) is 0. The van der Waals surface area contributed by atoms with E-state index in [0.29, 0.717) is 5.92 Å². The molecule has 5 heteroatoms. The molecule has 0 N–H and O–H groups in total. The zero-order chi connectivity index (χ0) is 56.3. The van der Waals surface area contributed by atoms with E-state index in [9.17, 15) is 0 Å². The number of rotatable bonds is 7. The number of hydrogen-bond donors (Lipinski definition) is 0. The lowest BCUT2D eigenvalue weighted by Crippen LogP contribution is -2.61. The Labute approximate surface area is 483 Å². The van der Waals surface area contributed by atoms with Crippen LogP contribution in [-0.4, -0.2) is 11.3 Å². The third kappa shape index (κ3) is 9.26. The van der Waals surface area contributed by atoms with Crippen LogP contribution in [0.5, 0.6) is 0 Å². The van der Waals surface area contributed by atoms with Crippen LogP contribution in [0.3, 0.4) is 0 Å². The first kappa shape index (κ1) is 52.6. The number of para-hydroxylation sites is 2. The van der Waals surface area contributed by atoms with Gasteiger partial charge in [-0.05, 0) is 182 Å². The summed E-state index contributed by atoms with van der Waals surface area (Å²) in [6, 6.07) is 75.3. The summed E-state index contributed by atoms with van der Waals surface area (Å²) >= 11 is 0. The van der Waals surface area contributed by atoms with Crippen LogP contribution in [0.4, 0.5) is 51.2 Å². The summed E-state index contributed by atoms with van der Waals surface area (Å²) in [4.78, 5) is 7.80. The van der Waals surface area contributed by atoms with Gasteiger partial charge in [-0.3, -0.25) is 0 Å². The Morgan fingerprint density at radius 1 is 0.370 bits per heavy atom. The molecule has 0 bridgehead atoms. The molecule has 1 aliphatic carbocycles. The first-order valence-electron chi connectivity index (χ1n) is 30.0. The van der Waals surface area contributed by atoms with Crippen LogP contribution in [0.25, 0.3) is 27.5 Å². The van der Waals surface area contributed by atoms with Gasteiger partial charge in [0, 0.05) is 67.6 Å². The van der Waals surface area contributed by atoms with Crippen molar-refractivity contribution in [3.63, 3.8) is 0 Å². The molecule has 10 aromatic rings. The number of hydrogen-bond acceptors (Lipinski definition) is 3. The normalized spacial score (nSPS) is 14.8. The fraction of sp³-hybridized carbons (Fsp3) is 0.289. The van der Waals surface area contributed by atoms with Gasteiger partial charge in [0.2, 0.25) is 0 Å². The molecule has 9 aromatic carbocycles. The molecular formula is C76H79BN4. The molecular weight excluding hydrogens is 980 g/mol. The van der Waals surface area contributed by atoms with Gasteiger partial charge in [0.25, 0.3) is 6.71 Å². The largest absolute Gasteiger partial charge is 0.311 e. The van der Waals surface area contributed by atoms with Crippen LogP contribution in [0.15, 0.2) is 194 Å². The lowest BCUT2D eigenvalue weighted by Gasteiger charge is -2.45. The maximum absolute atomic E-state index is 2.65. The number of aromatic nitrogens is 1. The molecule has 0 unspecified atom stereocenters. The van der Waals surface area contributed by atoms with Gasteiger partial charge in [-0.1, -0.05) is 199 Å². The molecule has 0 radical (unpaired) electrons. The average Bonchev–Trinajstić information content (AvgIpc) is 3.95. The standard InChI is InChI=1S/C76H79BN4/c1-73(2,3)52-27-34-57(35-28-52)78(60-40-42-63-62-25-19-20-26-66(62)79(67(63)48-60)56-23-17-14-18-24-56)61-41-44-65-69(49-61)81(59-38-31-54(32-39-59)75(7,8)9)71-46-51(50-21-15-13-16-22-50)45-70-72(71)77(65)64-43-33-55(76(10,11)12)47-68(64)80(70)58-36-29-53(30-37-58)74(4,5)6/h14,17-20,23-50H,13,15-16,21-22H2,1-12H3. The highest BCUT2D eigenvalue weighted by Gasteiger charge is 2.45. The van der Waals surface area contributed by atoms with Gasteiger partial charge in [-0.25, -0.2) is 0 Å². The van der Waals surface area contributed by atoms with Crippen molar-refractivity contribution in [3.05, 3.63) is 222 Å². The average molecular weight is 1060 g/mol. The van der Waals surface area contributed by atoms with Gasteiger partial charge >= 0.3 is 0 Å². The highest BCUT2D eigenvalue weighted by atomic mass is 15.2. The molecule has 1 saturated carbocycles. The van der Waals surface area contributed by atoms with Crippen molar-refractivity contribution in [1.82, 2.24) is 4.57 Å². The van der Waals surface area contributed by atoms with E-state index in [0.717, 1.165) is 22.7 Å². The highest BCUT2D eigenvalue weighted by molar-refractivity contribution is 7.00. The molecule has 3 heterocycles. The second kappa shape index (κ2) is 19.5. The van der Waals surface area contributed by atoms with E-state index in [4.69, 9.17) is 0 Å². The molecule has 4 nitrogen and oxygen atoms in total. The minimum atomic E-state index is -0.0470. The Morgan fingerprint density at radius 2 is 0.827 bits per heavy atom. The van der Waals surface area contributed by atoms with Crippen molar-refractivity contribution >= 4 is 96.1 Å². The number of nitrogens with zero attached hydrogens (tertiary/aromatic N) is 4. The summed E-state index contributed by atoms with van der Waals surface area (Å²) in [5.41, 5.74) is 25.1. The quantitative estimate of drug-likeness (QED) is 0.148. The van der Waals surface area contributed by atoms with E-state index in [1.807, 2.05) is 0 Å². The minimum Gasteiger partial charge on any atom is -0.311 e. The van der Waals surface area contributed by atoms with E-state index in [2.05, 4.69) is 296 Å². The predicted molar refractivity (Wildman–Crippen MR) is 350 cm³/mol. The van der Waals surface area contributed by atoms with Crippen LogP contribution in [0.1, 0.15) is 149 Å². The second-order valence-electron chi connectivity index (χ2n) is 27.8. The van der Waals surface area contributed by atoms with E-state index in [1.165, 1.54) is 132 Å². The van der Waals surface area contributed by atoms with Crippen LogP contribution in [-0.2, 0) is 21.7 Å². The molecule has 0 amide bonds. The molecule has 0 atom stereocenters. The molecule has 81 heavy (non-hydrogen) atoms. The second-order valence-corrected chi connectivity index (χ2v) is 27.8. The first-order chi connectivity index (χ1) is 38.7. The van der Waals surface area contributed by atoms with Gasteiger partial charge in [0.1, 0.15) is 0 Å². The third-order valence-corrected chi connectivity index (χ3v) is 18.2. The Balaban J connectivity index is 1.09. The number of benzene rings is 9. The van der Waals surface area contributed by atoms with Crippen molar-refractivity contribution in [2.45, 2.75) is 143 Å². The summed E-state index contributed by atoms with van der Waals surface area (Å²) in [5.74, 6) is 0.483. The third-order valence-electron chi connectivity index (χ3n) is 18.2. The lowest BCUT2D eigenvalue weighted by molar-refractivity contribution is 0.444. The van der Waals surface area contributed by atoms with Gasteiger partial charge in [0.15, 0.2) is 0 Å². The van der Waals surface area contributed by atoms with Gasteiger partial charge in [-0.2, -0.15) is 0 Å². The van der Waals surface area contributed by atoms with Gasteiger partial charge < -0.3 is 19.3 Å². The molecule has 1 fully saturated rings. The predicted octanol–water partition coefficient (Wildman–Crippen LogP) is 19.6. The van der Waals surface area contributed by atoms with Crippen molar-refractivity contribution in [2.24, 2.45) is 0 Å². The lowest BCUT2D eigenvalue weighted by atomic mass is 9.33. The Hall–Kier alpha value is -7.76. The molecule has 0 spiro atoms. The molecule has 406 valence electrons. The van der Waals surface area contributed by atoms with E-state index in [-0.39, 0.29) is 28.4 Å². The monoisotopic (exact) mass is 1060 g/mol. The van der Waals surface area contributed by atoms with Crippen LogP contribution < -0.4 is 31.1 Å². The first-order valence-corrected chi connectivity index (χ1v) is 30.0. The maximum Gasteiger partial charge on any atom is 0.252 e.